The Morgan fingerprint density at radius 2 is 1.95 bits per heavy atom. The lowest BCUT2D eigenvalue weighted by Crippen LogP contribution is -2.17. The minimum atomic E-state index is -0.416. The fraction of sp³-hybridized carbons (Fsp3) is 0.556. The van der Waals surface area contributed by atoms with E-state index >= 15 is 0 Å². The molecule has 1 rings (SSSR count). The van der Waals surface area contributed by atoms with Gasteiger partial charge in [0.1, 0.15) is 0 Å². The summed E-state index contributed by atoms with van der Waals surface area (Å²) in [5.74, 6) is 0.585. The van der Waals surface area contributed by atoms with Crippen LogP contribution in [0.2, 0.25) is 0 Å². The molecule has 0 saturated heterocycles. The zero-order valence-corrected chi connectivity index (χ0v) is 13.4. The number of benzene rings is 1. The van der Waals surface area contributed by atoms with Crippen LogP contribution < -0.4 is 0 Å². The van der Waals surface area contributed by atoms with Gasteiger partial charge in [-0.05, 0) is 23.5 Å². The van der Waals surface area contributed by atoms with Crippen LogP contribution in [0.3, 0.4) is 0 Å². The summed E-state index contributed by atoms with van der Waals surface area (Å²) in [6, 6.07) is 8.22. The highest BCUT2D eigenvalue weighted by molar-refractivity contribution is 5.94. The Labute approximate surface area is 123 Å². The van der Waals surface area contributed by atoms with Gasteiger partial charge in [-0.2, -0.15) is 0 Å². The molecular formula is C18H27NO. The van der Waals surface area contributed by atoms with Crippen molar-refractivity contribution >= 4 is 12.1 Å². The number of carbonyl (C=O) groups is 1. The monoisotopic (exact) mass is 273 g/mol. The maximum atomic E-state index is 11.9. The molecule has 0 aromatic heterocycles. The predicted molar refractivity (Wildman–Crippen MR) is 86.3 cm³/mol. The largest absolute Gasteiger partial charge is 0.272 e. The third-order valence-electron chi connectivity index (χ3n) is 3.37. The van der Waals surface area contributed by atoms with Crippen LogP contribution in [0.25, 0.3) is 0 Å². The van der Waals surface area contributed by atoms with Gasteiger partial charge in [-0.1, -0.05) is 71.7 Å². The summed E-state index contributed by atoms with van der Waals surface area (Å²) in [6.07, 6.45) is 5.20. The highest BCUT2D eigenvalue weighted by Crippen LogP contribution is 2.18. The van der Waals surface area contributed by atoms with Crippen LogP contribution in [-0.4, -0.2) is 12.1 Å². The fourth-order valence-electron chi connectivity index (χ4n) is 2.14. The minimum Gasteiger partial charge on any atom is -0.272 e. The van der Waals surface area contributed by atoms with E-state index in [0.717, 1.165) is 12.0 Å². The average Bonchev–Trinajstić information content (AvgIpc) is 2.36. The Morgan fingerprint density at radius 1 is 1.30 bits per heavy atom. The van der Waals surface area contributed by atoms with Crippen molar-refractivity contribution in [3.63, 3.8) is 0 Å². The van der Waals surface area contributed by atoms with Crippen molar-refractivity contribution in [3.8, 4) is 0 Å². The molecule has 0 aliphatic carbocycles. The number of rotatable bonds is 5. The molecule has 0 aliphatic heterocycles. The smallest absolute Gasteiger partial charge is 0.251 e. The topological polar surface area (TPSA) is 29.4 Å². The third-order valence-corrected chi connectivity index (χ3v) is 3.37. The molecule has 0 saturated carbocycles. The Hall–Kier alpha value is -1.44. The summed E-state index contributed by atoms with van der Waals surface area (Å²) in [5, 5.41) is 0. The van der Waals surface area contributed by atoms with E-state index < -0.39 is 5.41 Å². The molecule has 20 heavy (non-hydrogen) atoms. The molecule has 0 bridgehead atoms. The van der Waals surface area contributed by atoms with Crippen LogP contribution in [-0.2, 0) is 11.2 Å². The first kappa shape index (κ1) is 16.6. The zero-order chi connectivity index (χ0) is 15.2. The van der Waals surface area contributed by atoms with Crippen LogP contribution in [0.5, 0.6) is 0 Å². The second kappa shape index (κ2) is 7.37. The number of carbonyl (C=O) groups excluding carboxylic acids is 1. The molecular weight excluding hydrogens is 246 g/mol. The molecule has 0 fully saturated rings. The molecule has 0 radical (unpaired) electrons. The van der Waals surface area contributed by atoms with E-state index in [1.807, 2.05) is 32.9 Å². The molecule has 2 heteroatoms. The van der Waals surface area contributed by atoms with Crippen LogP contribution in [0.1, 0.15) is 58.6 Å². The van der Waals surface area contributed by atoms with Gasteiger partial charge in [0.25, 0.3) is 5.91 Å². The summed E-state index contributed by atoms with van der Waals surface area (Å²) < 4.78 is 0. The lowest BCUT2D eigenvalue weighted by Gasteiger charge is -2.13. The molecule has 1 aromatic rings. The van der Waals surface area contributed by atoms with Crippen molar-refractivity contribution in [3.05, 3.63) is 35.4 Å². The van der Waals surface area contributed by atoms with E-state index in [1.54, 1.807) is 6.21 Å². The maximum absolute atomic E-state index is 11.9. The van der Waals surface area contributed by atoms with Crippen LogP contribution in [0.15, 0.2) is 29.3 Å². The SMILES string of the molecule is CCCC(C)Cc1ccccc1C=NC(=O)C(C)(C)C. The Balaban J connectivity index is 2.85. The van der Waals surface area contributed by atoms with E-state index in [4.69, 9.17) is 0 Å². The van der Waals surface area contributed by atoms with Crippen molar-refractivity contribution in [2.75, 3.05) is 0 Å². The van der Waals surface area contributed by atoms with E-state index in [-0.39, 0.29) is 5.91 Å². The number of amides is 1. The van der Waals surface area contributed by atoms with Crippen molar-refractivity contribution in [2.24, 2.45) is 16.3 Å². The van der Waals surface area contributed by atoms with Crippen LogP contribution in [0, 0.1) is 11.3 Å². The van der Waals surface area contributed by atoms with Gasteiger partial charge in [0.2, 0.25) is 0 Å². The molecule has 0 heterocycles. The van der Waals surface area contributed by atoms with Gasteiger partial charge in [-0.15, -0.1) is 0 Å². The molecule has 0 spiro atoms. The molecule has 0 N–H and O–H groups in total. The Kier molecular flexibility index (Phi) is 6.12. The highest BCUT2D eigenvalue weighted by atomic mass is 16.1. The van der Waals surface area contributed by atoms with E-state index in [2.05, 4.69) is 31.0 Å². The molecule has 110 valence electrons. The van der Waals surface area contributed by atoms with Gasteiger partial charge in [-0.3, -0.25) is 4.79 Å². The predicted octanol–water partition coefficient (Wildman–Crippen LogP) is 4.66. The van der Waals surface area contributed by atoms with Gasteiger partial charge >= 0.3 is 0 Å². The van der Waals surface area contributed by atoms with Gasteiger partial charge < -0.3 is 0 Å². The summed E-state index contributed by atoms with van der Waals surface area (Å²) in [6.45, 7) is 10.2. The fourth-order valence-corrected chi connectivity index (χ4v) is 2.14. The molecule has 1 atom stereocenters. The summed E-state index contributed by atoms with van der Waals surface area (Å²) in [5.41, 5.74) is 1.92. The number of hydrogen-bond acceptors (Lipinski definition) is 1. The first-order valence-electron chi connectivity index (χ1n) is 7.51. The second-order valence-electron chi connectivity index (χ2n) is 6.61. The first-order chi connectivity index (χ1) is 9.34. The molecule has 1 amide bonds. The lowest BCUT2D eigenvalue weighted by molar-refractivity contribution is -0.124. The number of aliphatic imine (C=N–C) groups is 1. The standard InChI is InChI=1S/C18H27NO/c1-6-9-14(2)12-15-10-7-8-11-16(15)13-19-17(20)18(3,4)5/h7-8,10-11,13-14H,6,9,12H2,1-5H3. The Morgan fingerprint density at radius 3 is 2.55 bits per heavy atom. The van der Waals surface area contributed by atoms with Gasteiger partial charge in [0.05, 0.1) is 0 Å². The summed E-state index contributed by atoms with van der Waals surface area (Å²) in [4.78, 5) is 16.0. The van der Waals surface area contributed by atoms with Crippen molar-refractivity contribution in [2.45, 2.75) is 53.9 Å². The minimum absolute atomic E-state index is 0.0751. The second-order valence-corrected chi connectivity index (χ2v) is 6.61. The number of nitrogens with zero attached hydrogens (tertiary/aromatic N) is 1. The first-order valence-corrected chi connectivity index (χ1v) is 7.51. The van der Waals surface area contributed by atoms with Crippen LogP contribution in [0.4, 0.5) is 0 Å². The summed E-state index contributed by atoms with van der Waals surface area (Å²) in [7, 11) is 0. The zero-order valence-electron chi connectivity index (χ0n) is 13.4. The molecule has 0 aliphatic rings. The normalized spacial score (nSPS) is 13.7. The molecule has 1 unspecified atom stereocenters. The van der Waals surface area contributed by atoms with E-state index in [9.17, 15) is 4.79 Å². The van der Waals surface area contributed by atoms with Gasteiger partial charge in [0.15, 0.2) is 0 Å². The summed E-state index contributed by atoms with van der Waals surface area (Å²) >= 11 is 0. The van der Waals surface area contributed by atoms with Gasteiger partial charge in [-0.25, -0.2) is 4.99 Å². The van der Waals surface area contributed by atoms with E-state index in [1.165, 1.54) is 18.4 Å². The van der Waals surface area contributed by atoms with Crippen molar-refractivity contribution in [1.82, 2.24) is 0 Å². The highest BCUT2D eigenvalue weighted by Gasteiger charge is 2.19. The lowest BCUT2D eigenvalue weighted by atomic mass is 9.94. The average molecular weight is 273 g/mol. The third kappa shape index (κ3) is 5.28. The quantitative estimate of drug-likeness (QED) is 0.718. The van der Waals surface area contributed by atoms with Crippen LogP contribution >= 0.6 is 0 Å². The van der Waals surface area contributed by atoms with Crippen molar-refractivity contribution < 1.29 is 4.79 Å². The van der Waals surface area contributed by atoms with Crippen molar-refractivity contribution in [1.29, 1.82) is 0 Å². The number of hydrogen-bond donors (Lipinski definition) is 0. The van der Waals surface area contributed by atoms with Gasteiger partial charge in [0, 0.05) is 11.6 Å². The molecule has 2 nitrogen and oxygen atoms in total. The molecule has 1 aromatic carbocycles. The Bertz CT molecular complexity index is 469. The maximum Gasteiger partial charge on any atom is 0.251 e. The van der Waals surface area contributed by atoms with E-state index in [0.29, 0.717) is 5.92 Å².